The van der Waals surface area contributed by atoms with E-state index in [2.05, 4.69) is 80.7 Å². The van der Waals surface area contributed by atoms with Crippen LogP contribution in [-0.2, 0) is 0 Å². The molecule has 0 aliphatic rings. The summed E-state index contributed by atoms with van der Waals surface area (Å²) >= 11 is 0. The Morgan fingerprint density at radius 3 is 2.25 bits per heavy atom. The van der Waals surface area contributed by atoms with Crippen molar-refractivity contribution < 1.29 is 0 Å². The van der Waals surface area contributed by atoms with Crippen LogP contribution in [0.25, 0.3) is 0 Å². The zero-order chi connectivity index (χ0) is 14.4. The van der Waals surface area contributed by atoms with Gasteiger partial charge in [-0.3, -0.25) is 0 Å². The van der Waals surface area contributed by atoms with E-state index in [0.29, 0.717) is 11.8 Å². The van der Waals surface area contributed by atoms with Gasteiger partial charge >= 0.3 is 0 Å². The molecule has 0 bridgehead atoms. The van der Waals surface area contributed by atoms with Gasteiger partial charge in [0.1, 0.15) is 0 Å². The zero-order valence-electron chi connectivity index (χ0n) is 12.8. The highest BCUT2D eigenvalue weighted by molar-refractivity contribution is 5.46. The van der Waals surface area contributed by atoms with Crippen LogP contribution >= 0.6 is 0 Å². The van der Waals surface area contributed by atoms with Gasteiger partial charge in [-0.1, -0.05) is 63.2 Å². The van der Waals surface area contributed by atoms with E-state index in [1.165, 1.54) is 16.8 Å². The first-order chi connectivity index (χ1) is 9.66. The molecule has 0 heterocycles. The summed E-state index contributed by atoms with van der Waals surface area (Å²) in [4.78, 5) is 0. The lowest BCUT2D eigenvalue weighted by Gasteiger charge is -2.14. The molecule has 2 aromatic rings. The minimum absolute atomic E-state index is 0.583. The van der Waals surface area contributed by atoms with Crippen LogP contribution in [0.2, 0.25) is 0 Å². The van der Waals surface area contributed by atoms with Crippen LogP contribution in [0.3, 0.4) is 0 Å². The van der Waals surface area contributed by atoms with Crippen molar-refractivity contribution in [1.29, 1.82) is 0 Å². The van der Waals surface area contributed by atoms with E-state index >= 15 is 0 Å². The molecule has 1 atom stereocenters. The van der Waals surface area contributed by atoms with E-state index < -0.39 is 0 Å². The van der Waals surface area contributed by atoms with Gasteiger partial charge in [0, 0.05) is 12.2 Å². The van der Waals surface area contributed by atoms with Crippen LogP contribution in [0.15, 0.2) is 54.6 Å². The quantitative estimate of drug-likeness (QED) is 0.737. The number of benzene rings is 2. The summed E-state index contributed by atoms with van der Waals surface area (Å²) in [6.45, 7) is 7.77. The van der Waals surface area contributed by atoms with Crippen molar-refractivity contribution in [2.45, 2.75) is 39.0 Å². The molecular formula is C19H25N. The summed E-state index contributed by atoms with van der Waals surface area (Å²) in [6.07, 6.45) is 1.15. The van der Waals surface area contributed by atoms with Gasteiger partial charge in [0.2, 0.25) is 0 Å². The predicted octanol–water partition coefficient (Wildman–Crippen LogP) is 5.42. The molecule has 0 aromatic heterocycles. The molecule has 0 saturated heterocycles. The fraction of sp³-hybridized carbons (Fsp3) is 0.368. The van der Waals surface area contributed by atoms with Crippen molar-refractivity contribution in [2.75, 3.05) is 11.9 Å². The summed E-state index contributed by atoms with van der Waals surface area (Å²) in [5.41, 5.74) is 4.05. The van der Waals surface area contributed by atoms with Crippen molar-refractivity contribution in [2.24, 2.45) is 0 Å². The van der Waals surface area contributed by atoms with Crippen molar-refractivity contribution in [3.8, 4) is 0 Å². The van der Waals surface area contributed by atoms with Crippen molar-refractivity contribution in [1.82, 2.24) is 0 Å². The Morgan fingerprint density at radius 2 is 1.55 bits per heavy atom. The average molecular weight is 267 g/mol. The molecule has 1 unspecified atom stereocenters. The molecule has 0 radical (unpaired) electrons. The Morgan fingerprint density at radius 1 is 0.850 bits per heavy atom. The lowest BCUT2D eigenvalue weighted by Crippen LogP contribution is -2.06. The second-order valence-corrected chi connectivity index (χ2v) is 5.81. The molecule has 106 valence electrons. The van der Waals surface area contributed by atoms with Gasteiger partial charge in [-0.15, -0.1) is 0 Å². The third-order valence-electron chi connectivity index (χ3n) is 3.83. The minimum atomic E-state index is 0.583. The summed E-state index contributed by atoms with van der Waals surface area (Å²) < 4.78 is 0. The molecule has 0 amide bonds. The Balaban J connectivity index is 1.85. The van der Waals surface area contributed by atoms with Gasteiger partial charge in [-0.2, -0.15) is 0 Å². The molecule has 20 heavy (non-hydrogen) atoms. The van der Waals surface area contributed by atoms with Crippen molar-refractivity contribution in [3.05, 3.63) is 65.7 Å². The number of rotatable bonds is 6. The van der Waals surface area contributed by atoms with Gasteiger partial charge in [-0.25, -0.2) is 0 Å². The highest BCUT2D eigenvalue weighted by Gasteiger charge is 2.05. The largest absolute Gasteiger partial charge is 0.385 e. The number of nitrogens with one attached hydrogen (secondary N) is 1. The third-order valence-corrected chi connectivity index (χ3v) is 3.83. The fourth-order valence-electron chi connectivity index (χ4n) is 2.39. The smallest absolute Gasteiger partial charge is 0.0343 e. The van der Waals surface area contributed by atoms with E-state index in [9.17, 15) is 0 Å². The topological polar surface area (TPSA) is 12.0 Å². The zero-order valence-corrected chi connectivity index (χ0v) is 12.8. The first-order valence-electron chi connectivity index (χ1n) is 7.55. The molecule has 1 heteroatoms. The Bertz CT molecular complexity index is 516. The maximum atomic E-state index is 3.54. The maximum absolute atomic E-state index is 3.54. The molecule has 2 rings (SSSR count). The fourth-order valence-corrected chi connectivity index (χ4v) is 2.39. The normalized spacial score (nSPS) is 12.4. The van der Waals surface area contributed by atoms with E-state index in [4.69, 9.17) is 0 Å². The van der Waals surface area contributed by atoms with E-state index in [0.717, 1.165) is 13.0 Å². The standard InChI is InChI=1S/C19H25N/c1-15(2)18-10-7-11-19(14-18)20-13-12-16(3)17-8-5-4-6-9-17/h4-11,14-16,20H,12-13H2,1-3H3. The molecule has 0 saturated carbocycles. The van der Waals surface area contributed by atoms with Crippen LogP contribution in [0.1, 0.15) is 50.2 Å². The first-order valence-corrected chi connectivity index (χ1v) is 7.55. The second kappa shape index (κ2) is 7.14. The Labute approximate surface area is 123 Å². The monoisotopic (exact) mass is 267 g/mol. The van der Waals surface area contributed by atoms with Crippen LogP contribution < -0.4 is 5.32 Å². The number of anilines is 1. The van der Waals surface area contributed by atoms with Gasteiger partial charge in [0.05, 0.1) is 0 Å². The molecule has 0 fully saturated rings. The van der Waals surface area contributed by atoms with Crippen LogP contribution in [0.4, 0.5) is 5.69 Å². The second-order valence-electron chi connectivity index (χ2n) is 5.81. The summed E-state index contributed by atoms with van der Waals surface area (Å²) in [5, 5.41) is 3.54. The highest BCUT2D eigenvalue weighted by Crippen LogP contribution is 2.21. The molecule has 0 spiro atoms. The molecule has 2 aromatic carbocycles. The average Bonchev–Trinajstić information content (AvgIpc) is 2.48. The summed E-state index contributed by atoms with van der Waals surface area (Å²) in [6, 6.07) is 19.5. The minimum Gasteiger partial charge on any atom is -0.385 e. The van der Waals surface area contributed by atoms with Crippen LogP contribution in [-0.4, -0.2) is 6.54 Å². The van der Waals surface area contributed by atoms with Gasteiger partial charge in [0.25, 0.3) is 0 Å². The lowest BCUT2D eigenvalue weighted by atomic mass is 9.98. The molecule has 0 aliphatic carbocycles. The third kappa shape index (κ3) is 4.12. The number of hydrogen-bond donors (Lipinski definition) is 1. The number of hydrogen-bond acceptors (Lipinski definition) is 1. The van der Waals surface area contributed by atoms with Gasteiger partial charge in [0.15, 0.2) is 0 Å². The maximum Gasteiger partial charge on any atom is 0.0343 e. The first kappa shape index (κ1) is 14.6. The molecule has 0 aliphatic heterocycles. The van der Waals surface area contributed by atoms with Crippen LogP contribution in [0, 0.1) is 0 Å². The van der Waals surface area contributed by atoms with E-state index in [1.54, 1.807) is 0 Å². The Kier molecular flexibility index (Phi) is 5.23. The lowest BCUT2D eigenvalue weighted by molar-refractivity contribution is 0.706. The predicted molar refractivity (Wildman–Crippen MR) is 88.5 cm³/mol. The van der Waals surface area contributed by atoms with Crippen molar-refractivity contribution >= 4 is 5.69 Å². The Hall–Kier alpha value is -1.76. The van der Waals surface area contributed by atoms with Crippen LogP contribution in [0.5, 0.6) is 0 Å². The SMILES string of the molecule is CC(C)c1cccc(NCCC(C)c2ccccc2)c1. The van der Waals surface area contributed by atoms with E-state index in [1.807, 2.05) is 0 Å². The van der Waals surface area contributed by atoms with Gasteiger partial charge < -0.3 is 5.32 Å². The van der Waals surface area contributed by atoms with Gasteiger partial charge in [-0.05, 0) is 41.5 Å². The summed E-state index contributed by atoms with van der Waals surface area (Å²) in [7, 11) is 0. The highest BCUT2D eigenvalue weighted by atomic mass is 14.9. The summed E-state index contributed by atoms with van der Waals surface area (Å²) in [5.74, 6) is 1.18. The molecule has 1 nitrogen and oxygen atoms in total. The molecule has 1 N–H and O–H groups in total. The molecular weight excluding hydrogens is 242 g/mol. The van der Waals surface area contributed by atoms with Crippen molar-refractivity contribution in [3.63, 3.8) is 0 Å². The van der Waals surface area contributed by atoms with E-state index in [-0.39, 0.29) is 0 Å².